The molecule has 1 aromatic carbocycles. The van der Waals surface area contributed by atoms with Gasteiger partial charge >= 0.3 is 0 Å². The van der Waals surface area contributed by atoms with Crippen LogP contribution in [0.25, 0.3) is 0 Å². The molecule has 1 rings (SSSR count). The molecule has 96 valence electrons. The van der Waals surface area contributed by atoms with E-state index in [0.29, 0.717) is 11.6 Å². The molecule has 17 heavy (non-hydrogen) atoms. The summed E-state index contributed by atoms with van der Waals surface area (Å²) < 4.78 is 26.2. The van der Waals surface area contributed by atoms with Gasteiger partial charge in [0.25, 0.3) is 0 Å². The van der Waals surface area contributed by atoms with Crippen LogP contribution >= 0.6 is 23.4 Å². The Balaban J connectivity index is 2.72. The van der Waals surface area contributed by atoms with Gasteiger partial charge in [0.1, 0.15) is 0 Å². The number of hydrogen-bond acceptors (Lipinski definition) is 4. The summed E-state index contributed by atoms with van der Waals surface area (Å²) in [6.07, 6.45) is 2.78. The van der Waals surface area contributed by atoms with Crippen LogP contribution in [-0.2, 0) is 10.0 Å². The summed E-state index contributed by atoms with van der Waals surface area (Å²) in [5.41, 5.74) is 5.83. The third kappa shape index (κ3) is 4.39. The van der Waals surface area contributed by atoms with Gasteiger partial charge in [-0.1, -0.05) is 11.6 Å². The van der Waals surface area contributed by atoms with Gasteiger partial charge in [0, 0.05) is 6.54 Å². The molecule has 0 aromatic heterocycles. The van der Waals surface area contributed by atoms with Gasteiger partial charge in [-0.2, -0.15) is 11.8 Å². The van der Waals surface area contributed by atoms with Crippen molar-refractivity contribution in [3.8, 4) is 0 Å². The normalized spacial score (nSPS) is 11.6. The van der Waals surface area contributed by atoms with Crippen molar-refractivity contribution < 1.29 is 8.42 Å². The van der Waals surface area contributed by atoms with Gasteiger partial charge in [0.15, 0.2) is 0 Å². The molecule has 0 amide bonds. The van der Waals surface area contributed by atoms with Gasteiger partial charge in [-0.3, -0.25) is 0 Å². The highest BCUT2D eigenvalue weighted by molar-refractivity contribution is 7.98. The number of halogens is 1. The van der Waals surface area contributed by atoms with Crippen LogP contribution in [0.3, 0.4) is 0 Å². The van der Waals surface area contributed by atoms with Crippen molar-refractivity contribution in [3.63, 3.8) is 0 Å². The van der Waals surface area contributed by atoms with Crippen LogP contribution in [0.1, 0.15) is 6.42 Å². The number of nitrogens with two attached hydrogens (primary N) is 1. The van der Waals surface area contributed by atoms with Crippen molar-refractivity contribution in [3.05, 3.63) is 23.2 Å². The Morgan fingerprint density at radius 1 is 1.47 bits per heavy atom. The summed E-state index contributed by atoms with van der Waals surface area (Å²) in [7, 11) is -3.48. The molecule has 0 aliphatic heterocycles. The minimum atomic E-state index is -3.48. The maximum absolute atomic E-state index is 11.8. The number of benzene rings is 1. The van der Waals surface area contributed by atoms with Crippen molar-refractivity contribution in [2.24, 2.45) is 0 Å². The number of nitrogens with one attached hydrogen (secondary N) is 1. The second kappa shape index (κ2) is 6.49. The zero-order valence-corrected chi connectivity index (χ0v) is 11.8. The minimum absolute atomic E-state index is 0.142. The summed E-state index contributed by atoms with van der Waals surface area (Å²) in [6, 6.07) is 4.28. The maximum Gasteiger partial charge on any atom is 0.240 e. The lowest BCUT2D eigenvalue weighted by atomic mass is 10.3. The molecule has 0 unspecified atom stereocenters. The number of thioether (sulfide) groups is 1. The molecule has 4 nitrogen and oxygen atoms in total. The fourth-order valence-corrected chi connectivity index (χ4v) is 2.85. The highest BCUT2D eigenvalue weighted by Crippen LogP contribution is 2.21. The number of anilines is 1. The molecule has 0 heterocycles. The van der Waals surface area contributed by atoms with Gasteiger partial charge in [-0.05, 0) is 36.6 Å². The predicted molar refractivity (Wildman–Crippen MR) is 74.1 cm³/mol. The van der Waals surface area contributed by atoms with Gasteiger partial charge in [0.05, 0.1) is 15.6 Å². The molecule has 0 saturated carbocycles. The first-order valence-electron chi connectivity index (χ1n) is 5.01. The maximum atomic E-state index is 11.8. The van der Waals surface area contributed by atoms with Crippen molar-refractivity contribution in [2.45, 2.75) is 11.3 Å². The first-order chi connectivity index (χ1) is 7.97. The smallest absolute Gasteiger partial charge is 0.240 e. The Bertz CT molecular complexity index is 477. The predicted octanol–water partition coefficient (Wildman–Crippen LogP) is 1.95. The molecule has 0 saturated heterocycles. The first kappa shape index (κ1) is 14.6. The zero-order chi connectivity index (χ0) is 12.9. The second-order valence-electron chi connectivity index (χ2n) is 3.43. The topological polar surface area (TPSA) is 72.2 Å². The van der Waals surface area contributed by atoms with Crippen LogP contribution in [-0.4, -0.2) is 27.0 Å². The van der Waals surface area contributed by atoms with Crippen LogP contribution in [0.4, 0.5) is 5.69 Å². The summed E-state index contributed by atoms with van der Waals surface area (Å²) in [5.74, 6) is 0.922. The molecule has 1 aromatic rings. The summed E-state index contributed by atoms with van der Waals surface area (Å²) in [6.45, 7) is 0.422. The number of rotatable bonds is 6. The Hall–Kier alpha value is -0.430. The van der Waals surface area contributed by atoms with E-state index in [2.05, 4.69) is 4.72 Å². The average Bonchev–Trinajstić information content (AvgIpc) is 2.28. The van der Waals surface area contributed by atoms with E-state index in [1.54, 1.807) is 11.8 Å². The fourth-order valence-electron chi connectivity index (χ4n) is 1.20. The monoisotopic (exact) mass is 294 g/mol. The van der Waals surface area contributed by atoms with Crippen LogP contribution < -0.4 is 10.5 Å². The van der Waals surface area contributed by atoms with E-state index in [9.17, 15) is 8.42 Å². The molecule has 7 heteroatoms. The largest absolute Gasteiger partial charge is 0.397 e. The molecule has 0 fully saturated rings. The number of nitrogen functional groups attached to an aromatic ring is 1. The summed E-state index contributed by atoms with van der Waals surface area (Å²) >= 11 is 7.41. The van der Waals surface area contributed by atoms with Crippen molar-refractivity contribution >= 4 is 39.1 Å². The SMILES string of the molecule is CSCCCNS(=O)(=O)c1ccc(Cl)c(N)c1. The van der Waals surface area contributed by atoms with Gasteiger partial charge in [-0.25, -0.2) is 13.1 Å². The summed E-state index contributed by atoms with van der Waals surface area (Å²) in [5, 5.41) is 0.353. The Labute approximate surface area is 111 Å². The Kier molecular flexibility index (Phi) is 5.58. The van der Waals surface area contributed by atoms with Gasteiger partial charge in [0.2, 0.25) is 10.0 Å². The highest BCUT2D eigenvalue weighted by Gasteiger charge is 2.14. The van der Waals surface area contributed by atoms with Crippen LogP contribution in [0.15, 0.2) is 23.1 Å². The quantitative estimate of drug-likeness (QED) is 0.621. The lowest BCUT2D eigenvalue weighted by molar-refractivity contribution is 0.581. The highest BCUT2D eigenvalue weighted by atomic mass is 35.5. The Morgan fingerprint density at radius 3 is 2.76 bits per heavy atom. The van der Waals surface area contributed by atoms with Crippen LogP contribution in [0.5, 0.6) is 0 Å². The molecule has 0 spiro atoms. The first-order valence-corrected chi connectivity index (χ1v) is 8.26. The van der Waals surface area contributed by atoms with E-state index >= 15 is 0 Å². The van der Waals surface area contributed by atoms with Crippen molar-refractivity contribution in [2.75, 3.05) is 24.3 Å². The number of hydrogen-bond donors (Lipinski definition) is 2. The molecule has 0 atom stereocenters. The van der Waals surface area contributed by atoms with Crippen molar-refractivity contribution in [1.82, 2.24) is 4.72 Å². The molecule has 0 aliphatic rings. The van der Waals surface area contributed by atoms with Gasteiger partial charge < -0.3 is 5.73 Å². The van der Waals surface area contributed by atoms with Gasteiger partial charge in [-0.15, -0.1) is 0 Å². The lowest BCUT2D eigenvalue weighted by Crippen LogP contribution is -2.25. The lowest BCUT2D eigenvalue weighted by Gasteiger charge is -2.07. The summed E-state index contributed by atoms with van der Waals surface area (Å²) in [4.78, 5) is 0.142. The molecule has 0 bridgehead atoms. The third-order valence-corrected chi connectivity index (χ3v) is 4.59. The average molecular weight is 295 g/mol. The van der Waals surface area contributed by atoms with E-state index in [0.717, 1.165) is 12.2 Å². The minimum Gasteiger partial charge on any atom is -0.397 e. The van der Waals surface area contributed by atoms with E-state index < -0.39 is 10.0 Å². The van der Waals surface area contributed by atoms with E-state index in [1.807, 2.05) is 6.26 Å². The van der Waals surface area contributed by atoms with Crippen molar-refractivity contribution in [1.29, 1.82) is 0 Å². The Morgan fingerprint density at radius 2 is 2.18 bits per heavy atom. The number of sulfonamides is 1. The van der Waals surface area contributed by atoms with E-state index in [4.69, 9.17) is 17.3 Å². The molecule has 3 N–H and O–H groups in total. The molecule has 0 aliphatic carbocycles. The molecule has 0 radical (unpaired) electrons. The second-order valence-corrected chi connectivity index (χ2v) is 6.59. The molecular formula is C10H15ClN2O2S2. The molecular weight excluding hydrogens is 280 g/mol. The van der Waals surface area contributed by atoms with Crippen LogP contribution in [0.2, 0.25) is 5.02 Å². The fraction of sp³-hybridized carbons (Fsp3) is 0.400. The standard InChI is InChI=1S/C10H15ClN2O2S2/c1-16-6-2-5-13-17(14,15)8-3-4-9(11)10(12)7-8/h3-4,7,13H,2,5-6,12H2,1H3. The van der Waals surface area contributed by atoms with E-state index in [-0.39, 0.29) is 10.6 Å². The van der Waals surface area contributed by atoms with E-state index in [1.165, 1.54) is 18.2 Å². The third-order valence-electron chi connectivity index (χ3n) is 2.10. The van der Waals surface area contributed by atoms with Crippen LogP contribution in [0, 0.1) is 0 Å². The zero-order valence-electron chi connectivity index (χ0n) is 9.44.